The molecule has 0 aliphatic heterocycles. The van der Waals surface area contributed by atoms with Crippen molar-refractivity contribution in [2.45, 2.75) is 13.1 Å². The van der Waals surface area contributed by atoms with E-state index in [-0.39, 0.29) is 12.1 Å². The molecule has 108 valence electrons. The molecular weight excluding hydrogens is 271 g/mol. The third-order valence-electron chi connectivity index (χ3n) is 2.98. The minimum atomic E-state index is -4.41. The molecule has 0 fully saturated rings. The van der Waals surface area contributed by atoms with E-state index >= 15 is 0 Å². The molecule has 1 amide bonds. The van der Waals surface area contributed by atoms with Crippen molar-refractivity contribution in [3.05, 3.63) is 30.0 Å². The van der Waals surface area contributed by atoms with Gasteiger partial charge in [0.2, 0.25) is 0 Å². The third-order valence-corrected chi connectivity index (χ3v) is 2.98. The van der Waals surface area contributed by atoms with Gasteiger partial charge in [-0.15, -0.1) is 0 Å². The molecule has 1 aromatic carbocycles. The first-order valence-corrected chi connectivity index (χ1v) is 6.04. The van der Waals surface area contributed by atoms with Crippen LogP contribution in [-0.4, -0.2) is 35.1 Å². The number of anilines is 1. The lowest BCUT2D eigenvalue weighted by Gasteiger charge is -2.22. The van der Waals surface area contributed by atoms with Gasteiger partial charge in [-0.05, 0) is 25.1 Å². The minimum Gasteiger partial charge on any atom is -0.399 e. The van der Waals surface area contributed by atoms with E-state index in [0.717, 1.165) is 4.90 Å². The van der Waals surface area contributed by atoms with Gasteiger partial charge in [-0.3, -0.25) is 4.79 Å². The number of nitrogens with one attached hydrogen (secondary N) is 1. The molecule has 0 aliphatic rings. The fourth-order valence-electron chi connectivity index (χ4n) is 2.03. The van der Waals surface area contributed by atoms with E-state index in [4.69, 9.17) is 5.73 Å². The lowest BCUT2D eigenvalue weighted by Crippen LogP contribution is -2.38. The molecule has 0 spiro atoms. The average Bonchev–Trinajstić information content (AvgIpc) is 2.76. The molecule has 2 aromatic rings. The number of carbonyl (C=O) groups is 1. The summed E-state index contributed by atoms with van der Waals surface area (Å²) in [5.41, 5.74) is 6.96. The Morgan fingerprint density at radius 2 is 2.10 bits per heavy atom. The number of nitrogens with zero attached hydrogens (tertiary/aromatic N) is 1. The second-order valence-electron chi connectivity index (χ2n) is 4.44. The highest BCUT2D eigenvalue weighted by Crippen LogP contribution is 2.23. The maximum Gasteiger partial charge on any atom is 0.406 e. The number of hydrogen-bond donors (Lipinski definition) is 2. The highest BCUT2D eigenvalue weighted by molar-refractivity contribution is 6.07. The number of aromatic nitrogens is 1. The topological polar surface area (TPSA) is 62.1 Å². The summed E-state index contributed by atoms with van der Waals surface area (Å²) in [5.74, 6) is -0.652. The van der Waals surface area contributed by atoms with Crippen LogP contribution in [-0.2, 0) is 0 Å². The lowest BCUT2D eigenvalue weighted by molar-refractivity contribution is -0.140. The van der Waals surface area contributed by atoms with Gasteiger partial charge in [0.1, 0.15) is 6.54 Å². The molecule has 0 radical (unpaired) electrons. The molecule has 3 N–H and O–H groups in total. The number of nitrogens with two attached hydrogens (primary N) is 1. The van der Waals surface area contributed by atoms with Gasteiger partial charge in [0.25, 0.3) is 5.91 Å². The van der Waals surface area contributed by atoms with E-state index in [1.165, 1.54) is 13.1 Å². The Morgan fingerprint density at radius 1 is 1.40 bits per heavy atom. The van der Waals surface area contributed by atoms with E-state index in [1.807, 2.05) is 0 Å². The van der Waals surface area contributed by atoms with E-state index < -0.39 is 18.6 Å². The first-order chi connectivity index (χ1) is 9.31. The van der Waals surface area contributed by atoms with Crippen molar-refractivity contribution >= 4 is 22.5 Å². The van der Waals surface area contributed by atoms with Crippen LogP contribution in [0, 0.1) is 0 Å². The highest BCUT2D eigenvalue weighted by atomic mass is 19.4. The second-order valence-corrected chi connectivity index (χ2v) is 4.44. The van der Waals surface area contributed by atoms with Crippen molar-refractivity contribution in [2.75, 3.05) is 18.8 Å². The normalized spacial score (nSPS) is 11.8. The largest absolute Gasteiger partial charge is 0.406 e. The number of halogens is 3. The fraction of sp³-hybridized carbons (Fsp3) is 0.308. The van der Waals surface area contributed by atoms with Crippen LogP contribution in [0.5, 0.6) is 0 Å². The Labute approximate surface area is 113 Å². The number of alkyl halides is 3. The van der Waals surface area contributed by atoms with Crippen molar-refractivity contribution < 1.29 is 18.0 Å². The minimum absolute atomic E-state index is 0.0139. The number of amides is 1. The van der Waals surface area contributed by atoms with Crippen LogP contribution in [0.25, 0.3) is 10.9 Å². The summed E-state index contributed by atoms with van der Waals surface area (Å²) in [6.45, 7) is 0.237. The van der Waals surface area contributed by atoms with Crippen LogP contribution in [0.2, 0.25) is 0 Å². The summed E-state index contributed by atoms with van der Waals surface area (Å²) in [5, 5.41) is 0.560. The Kier molecular flexibility index (Phi) is 3.61. The van der Waals surface area contributed by atoms with Gasteiger partial charge in [0.05, 0.1) is 5.56 Å². The standard InChI is InChI=1S/C13H14F3N3O/c1-2-19(7-13(14,15)16)12(20)10-6-18-11-5-8(17)3-4-9(10)11/h3-6,18H,2,7,17H2,1H3. The van der Waals surface area contributed by atoms with Crippen LogP contribution in [0.4, 0.5) is 18.9 Å². The Morgan fingerprint density at radius 3 is 2.70 bits per heavy atom. The molecule has 0 unspecified atom stereocenters. The van der Waals surface area contributed by atoms with Gasteiger partial charge >= 0.3 is 6.18 Å². The SMILES string of the molecule is CCN(CC(F)(F)F)C(=O)c1c[nH]c2cc(N)ccc12. The first kappa shape index (κ1) is 14.2. The molecule has 1 heterocycles. The van der Waals surface area contributed by atoms with Crippen molar-refractivity contribution in [1.82, 2.24) is 9.88 Å². The maximum absolute atomic E-state index is 12.4. The number of fused-ring (bicyclic) bond motifs is 1. The summed E-state index contributed by atoms with van der Waals surface area (Å²) in [4.78, 5) is 15.8. The first-order valence-electron chi connectivity index (χ1n) is 6.04. The quantitative estimate of drug-likeness (QED) is 0.852. The van der Waals surface area contributed by atoms with Crippen LogP contribution < -0.4 is 5.73 Å². The van der Waals surface area contributed by atoms with Crippen LogP contribution in [0.1, 0.15) is 17.3 Å². The molecule has 0 saturated carbocycles. The van der Waals surface area contributed by atoms with Crippen molar-refractivity contribution in [3.63, 3.8) is 0 Å². The summed E-state index contributed by atoms with van der Waals surface area (Å²) in [7, 11) is 0. The number of carbonyl (C=O) groups excluding carboxylic acids is 1. The summed E-state index contributed by atoms with van der Waals surface area (Å²) in [6, 6.07) is 4.86. The monoisotopic (exact) mass is 285 g/mol. The van der Waals surface area contributed by atoms with Gasteiger partial charge in [-0.2, -0.15) is 13.2 Å². The smallest absolute Gasteiger partial charge is 0.399 e. The lowest BCUT2D eigenvalue weighted by atomic mass is 10.1. The number of aromatic amines is 1. The van der Waals surface area contributed by atoms with Gasteiger partial charge < -0.3 is 15.6 Å². The molecule has 7 heteroatoms. The van der Waals surface area contributed by atoms with Crippen LogP contribution in [0.15, 0.2) is 24.4 Å². The Balaban J connectivity index is 2.35. The second kappa shape index (κ2) is 5.07. The summed E-state index contributed by atoms with van der Waals surface area (Å²) >= 11 is 0. The van der Waals surface area contributed by atoms with Crippen LogP contribution >= 0.6 is 0 Å². The Hall–Kier alpha value is -2.18. The molecule has 0 bridgehead atoms. The average molecular weight is 285 g/mol. The van der Waals surface area contributed by atoms with E-state index in [1.54, 1.807) is 18.2 Å². The predicted molar refractivity (Wildman–Crippen MR) is 70.3 cm³/mol. The van der Waals surface area contributed by atoms with Crippen molar-refractivity contribution in [1.29, 1.82) is 0 Å². The van der Waals surface area contributed by atoms with Crippen molar-refractivity contribution in [3.8, 4) is 0 Å². The number of H-pyrrole nitrogens is 1. The number of benzene rings is 1. The molecule has 2 rings (SSSR count). The fourth-order valence-corrected chi connectivity index (χ4v) is 2.03. The zero-order valence-corrected chi connectivity index (χ0v) is 10.8. The molecular formula is C13H14F3N3O. The highest BCUT2D eigenvalue weighted by Gasteiger charge is 2.33. The zero-order chi connectivity index (χ0) is 14.9. The molecule has 0 atom stereocenters. The molecule has 0 saturated heterocycles. The summed E-state index contributed by atoms with van der Waals surface area (Å²) < 4.78 is 37.3. The Bertz CT molecular complexity index is 633. The molecule has 0 aliphatic carbocycles. The summed E-state index contributed by atoms with van der Waals surface area (Å²) in [6.07, 6.45) is -3.01. The molecule has 20 heavy (non-hydrogen) atoms. The van der Waals surface area contributed by atoms with Gasteiger partial charge in [0.15, 0.2) is 0 Å². The molecule has 1 aromatic heterocycles. The van der Waals surface area contributed by atoms with Gasteiger partial charge in [-0.1, -0.05) is 0 Å². The van der Waals surface area contributed by atoms with E-state index in [9.17, 15) is 18.0 Å². The number of hydrogen-bond acceptors (Lipinski definition) is 2. The van der Waals surface area contributed by atoms with E-state index in [2.05, 4.69) is 4.98 Å². The third kappa shape index (κ3) is 2.87. The van der Waals surface area contributed by atoms with Gasteiger partial charge in [0, 0.05) is 29.3 Å². The zero-order valence-electron chi connectivity index (χ0n) is 10.8. The molecule has 4 nitrogen and oxygen atoms in total. The van der Waals surface area contributed by atoms with Crippen LogP contribution in [0.3, 0.4) is 0 Å². The van der Waals surface area contributed by atoms with E-state index in [0.29, 0.717) is 16.6 Å². The maximum atomic E-state index is 12.4. The number of nitrogen functional groups attached to an aromatic ring is 1. The van der Waals surface area contributed by atoms with Crippen molar-refractivity contribution in [2.24, 2.45) is 0 Å². The predicted octanol–water partition coefficient (Wildman–Crippen LogP) is 2.77. The van der Waals surface area contributed by atoms with Gasteiger partial charge in [-0.25, -0.2) is 0 Å². The number of rotatable bonds is 3.